The molecule has 2 amide bonds. The van der Waals surface area contributed by atoms with Gasteiger partial charge >= 0.3 is 0 Å². The Bertz CT molecular complexity index is 279. The number of allylic oxidation sites excluding steroid dienone is 5. The van der Waals surface area contributed by atoms with Crippen LogP contribution in [0.15, 0.2) is 37.0 Å². The number of nitrogens with one attached hydrogen (secondary N) is 1. The number of hydrogen-bond donors (Lipinski definition) is 1. The van der Waals surface area contributed by atoms with Crippen molar-refractivity contribution >= 4 is 11.8 Å². The first-order chi connectivity index (χ1) is 10.1. The van der Waals surface area contributed by atoms with E-state index in [0.717, 1.165) is 6.42 Å². The van der Waals surface area contributed by atoms with Gasteiger partial charge in [-0.05, 0) is 13.3 Å². The summed E-state index contributed by atoms with van der Waals surface area (Å²) < 4.78 is 0. The Balaban J connectivity index is -0.000000115. The highest BCUT2D eigenvalue weighted by molar-refractivity contribution is 5.94. The van der Waals surface area contributed by atoms with E-state index in [9.17, 15) is 9.59 Å². The van der Waals surface area contributed by atoms with Crippen LogP contribution < -0.4 is 5.32 Å². The maximum Gasteiger partial charge on any atom is 0.226 e. The molecule has 0 aliphatic heterocycles. The molecule has 0 aromatic heterocycles. The van der Waals surface area contributed by atoms with Crippen molar-refractivity contribution < 1.29 is 9.59 Å². The molecule has 0 bridgehead atoms. The van der Waals surface area contributed by atoms with Crippen LogP contribution in [0.3, 0.4) is 0 Å². The number of hydrogen-bond acceptors (Lipinski definition) is 2. The van der Waals surface area contributed by atoms with E-state index in [-0.39, 0.29) is 11.8 Å². The Hall–Kier alpha value is -1.64. The summed E-state index contributed by atoms with van der Waals surface area (Å²) in [6.45, 7) is 17.1. The van der Waals surface area contributed by atoms with Gasteiger partial charge in [0.25, 0.3) is 0 Å². The minimum absolute atomic E-state index is 0.172. The van der Waals surface area contributed by atoms with Crippen molar-refractivity contribution in [2.75, 3.05) is 0 Å². The van der Waals surface area contributed by atoms with Gasteiger partial charge < -0.3 is 0 Å². The van der Waals surface area contributed by atoms with Crippen LogP contribution in [0.1, 0.15) is 67.7 Å². The Morgan fingerprint density at radius 3 is 1.81 bits per heavy atom. The van der Waals surface area contributed by atoms with Crippen LogP contribution in [-0.4, -0.2) is 11.8 Å². The molecular formula is C18H35NO2. The Kier molecular flexibility index (Phi) is 40.8. The molecule has 3 nitrogen and oxygen atoms in total. The first-order valence-electron chi connectivity index (χ1n) is 7.85. The summed E-state index contributed by atoms with van der Waals surface area (Å²) in [5.74, 6) is -0.368. The van der Waals surface area contributed by atoms with Crippen LogP contribution in [0, 0.1) is 0 Å². The van der Waals surface area contributed by atoms with Crippen molar-refractivity contribution in [1.82, 2.24) is 5.32 Å². The molecular weight excluding hydrogens is 262 g/mol. The third-order valence-corrected chi connectivity index (χ3v) is 1.63. The Morgan fingerprint density at radius 2 is 1.48 bits per heavy atom. The lowest BCUT2D eigenvalue weighted by Crippen LogP contribution is -2.29. The molecule has 124 valence electrons. The molecule has 0 atom stereocenters. The normalized spacial score (nSPS) is 8.52. The molecule has 0 saturated heterocycles. The molecule has 0 rings (SSSR count). The van der Waals surface area contributed by atoms with Crippen LogP contribution >= 0.6 is 0 Å². The molecule has 0 aromatic rings. The van der Waals surface area contributed by atoms with Crippen LogP contribution in [0.25, 0.3) is 0 Å². The zero-order valence-electron chi connectivity index (χ0n) is 15.0. The van der Waals surface area contributed by atoms with E-state index in [1.807, 2.05) is 65.8 Å². The molecule has 1 N–H and O–H groups in total. The Morgan fingerprint density at radius 1 is 0.952 bits per heavy atom. The molecule has 0 aliphatic rings. The summed E-state index contributed by atoms with van der Waals surface area (Å²) in [5, 5.41) is 2.25. The maximum absolute atomic E-state index is 10.7. The second kappa shape index (κ2) is 31.0. The highest BCUT2D eigenvalue weighted by Crippen LogP contribution is 1.86. The predicted molar refractivity (Wildman–Crippen MR) is 95.2 cm³/mol. The zero-order valence-corrected chi connectivity index (χ0v) is 15.0. The molecule has 0 radical (unpaired) electrons. The quantitative estimate of drug-likeness (QED) is 0.709. The smallest absolute Gasteiger partial charge is 0.226 e. The van der Waals surface area contributed by atoms with Gasteiger partial charge in [-0.25, -0.2) is 0 Å². The number of carbonyl (C=O) groups excluding carboxylic acids is 2. The summed E-state index contributed by atoms with van der Waals surface area (Å²) in [6.07, 6.45) is 11.1. The monoisotopic (exact) mass is 297 g/mol. The topological polar surface area (TPSA) is 46.2 Å². The van der Waals surface area contributed by atoms with Crippen molar-refractivity contribution in [2.24, 2.45) is 0 Å². The van der Waals surface area contributed by atoms with Crippen LogP contribution in [0.5, 0.6) is 0 Å². The second-order valence-electron chi connectivity index (χ2n) is 3.22. The fourth-order valence-electron chi connectivity index (χ4n) is 0.787. The van der Waals surface area contributed by atoms with E-state index in [2.05, 4.69) is 11.9 Å². The van der Waals surface area contributed by atoms with Gasteiger partial charge in [0.1, 0.15) is 0 Å². The fourth-order valence-corrected chi connectivity index (χ4v) is 0.787. The molecule has 0 spiro atoms. The third-order valence-electron chi connectivity index (χ3n) is 1.63. The zero-order chi connectivity index (χ0) is 17.5. The van der Waals surface area contributed by atoms with Gasteiger partial charge in [-0.1, -0.05) is 78.5 Å². The predicted octanol–water partition coefficient (Wildman–Crippen LogP) is 5.20. The van der Waals surface area contributed by atoms with Crippen LogP contribution in [0.4, 0.5) is 0 Å². The van der Waals surface area contributed by atoms with Gasteiger partial charge in [-0.2, -0.15) is 0 Å². The molecule has 0 heterocycles. The summed E-state index contributed by atoms with van der Waals surface area (Å²) >= 11 is 0. The third kappa shape index (κ3) is 38.1. The lowest BCUT2D eigenvalue weighted by Gasteiger charge is -1.98. The van der Waals surface area contributed by atoms with E-state index in [1.54, 1.807) is 13.0 Å². The van der Waals surface area contributed by atoms with Crippen LogP contribution in [0.2, 0.25) is 0 Å². The van der Waals surface area contributed by atoms with Gasteiger partial charge in [0, 0.05) is 12.8 Å². The van der Waals surface area contributed by atoms with Crippen molar-refractivity contribution in [3.05, 3.63) is 37.0 Å². The van der Waals surface area contributed by atoms with Crippen molar-refractivity contribution in [3.8, 4) is 0 Å². The summed E-state index contributed by atoms with van der Waals surface area (Å²) in [4.78, 5) is 21.2. The summed E-state index contributed by atoms with van der Waals surface area (Å²) in [5.41, 5.74) is 0. The highest BCUT2D eigenvalue weighted by Gasteiger charge is 2.02. The lowest BCUT2D eigenvalue weighted by atomic mass is 10.3. The first-order valence-corrected chi connectivity index (χ1v) is 7.85. The number of imide groups is 1. The van der Waals surface area contributed by atoms with Gasteiger partial charge in [-0.3, -0.25) is 14.9 Å². The minimum Gasteiger partial charge on any atom is -0.296 e. The minimum atomic E-state index is -0.196. The van der Waals surface area contributed by atoms with Gasteiger partial charge in [0.15, 0.2) is 0 Å². The summed E-state index contributed by atoms with van der Waals surface area (Å²) in [6, 6.07) is 0. The lowest BCUT2D eigenvalue weighted by molar-refractivity contribution is -0.130. The highest BCUT2D eigenvalue weighted by atomic mass is 16.2. The molecule has 0 saturated carbocycles. The van der Waals surface area contributed by atoms with Gasteiger partial charge in [0.2, 0.25) is 11.8 Å². The van der Waals surface area contributed by atoms with Crippen molar-refractivity contribution in [3.63, 3.8) is 0 Å². The SMILES string of the molecule is C=C/C=C\C=C/C.CC.CC.CCCC(=O)NC(=O)CC. The van der Waals surface area contributed by atoms with Crippen LogP contribution in [-0.2, 0) is 9.59 Å². The number of carbonyl (C=O) groups is 2. The van der Waals surface area contributed by atoms with E-state index >= 15 is 0 Å². The average molecular weight is 297 g/mol. The van der Waals surface area contributed by atoms with E-state index in [1.165, 1.54) is 0 Å². The summed E-state index contributed by atoms with van der Waals surface area (Å²) in [7, 11) is 0. The largest absolute Gasteiger partial charge is 0.296 e. The standard InChI is InChI=1S/C7H13NO2.C7H10.2C2H6/c1-3-5-7(10)8-6(9)4-2;1-3-5-7-6-4-2;2*1-2/h3-5H2,1-2H3,(H,8,9,10);3-7H,1H2,2H3;2*1-2H3/b;6-4-,7-5-;;. The second-order valence-corrected chi connectivity index (χ2v) is 3.22. The Labute approximate surface area is 132 Å². The molecule has 0 aromatic carbocycles. The van der Waals surface area contributed by atoms with Crippen molar-refractivity contribution in [1.29, 1.82) is 0 Å². The molecule has 21 heavy (non-hydrogen) atoms. The van der Waals surface area contributed by atoms with E-state index < -0.39 is 0 Å². The average Bonchev–Trinajstić information content (AvgIpc) is 2.52. The first kappa shape index (κ1) is 27.7. The van der Waals surface area contributed by atoms with Gasteiger partial charge in [0.05, 0.1) is 0 Å². The van der Waals surface area contributed by atoms with Gasteiger partial charge in [-0.15, -0.1) is 0 Å². The maximum atomic E-state index is 10.7. The van der Waals surface area contributed by atoms with E-state index in [0.29, 0.717) is 12.8 Å². The number of rotatable bonds is 5. The molecule has 3 heteroatoms. The molecule has 0 fully saturated rings. The van der Waals surface area contributed by atoms with E-state index in [4.69, 9.17) is 0 Å². The molecule has 0 unspecified atom stereocenters. The van der Waals surface area contributed by atoms with Crippen molar-refractivity contribution in [2.45, 2.75) is 67.7 Å². The number of amides is 2. The fraction of sp³-hybridized carbons (Fsp3) is 0.556. The molecule has 0 aliphatic carbocycles.